The molecular formula is C17H23N5O2. The molecule has 7 heteroatoms. The maximum Gasteiger partial charge on any atom is 0.258 e. The SMILES string of the molecule is Cc1cc(C)n(-c2nc3c(c(=O)n2CC(=O)NC(C)C)CCC3)n1. The van der Waals surface area contributed by atoms with Gasteiger partial charge in [0, 0.05) is 17.3 Å². The molecule has 0 aliphatic heterocycles. The van der Waals surface area contributed by atoms with E-state index in [1.807, 2.05) is 33.8 Å². The predicted molar refractivity (Wildman–Crippen MR) is 90.4 cm³/mol. The van der Waals surface area contributed by atoms with Crippen molar-refractivity contribution < 1.29 is 4.79 Å². The lowest BCUT2D eigenvalue weighted by Crippen LogP contribution is -2.38. The maximum atomic E-state index is 12.9. The van der Waals surface area contributed by atoms with Gasteiger partial charge in [0.1, 0.15) is 6.54 Å². The Kier molecular flexibility index (Phi) is 4.26. The standard InChI is InChI=1S/C17H23N5O2/c1-10(2)18-15(23)9-21-16(24)13-6-5-7-14(13)19-17(21)22-12(4)8-11(3)20-22/h8,10H,5-7,9H2,1-4H3,(H,18,23). The van der Waals surface area contributed by atoms with Gasteiger partial charge in [0.25, 0.3) is 5.56 Å². The van der Waals surface area contributed by atoms with Gasteiger partial charge in [0.05, 0.1) is 11.4 Å². The van der Waals surface area contributed by atoms with Crippen molar-refractivity contribution in [1.29, 1.82) is 0 Å². The first kappa shape index (κ1) is 16.4. The third-order valence-corrected chi connectivity index (χ3v) is 4.12. The maximum absolute atomic E-state index is 12.9. The molecule has 2 heterocycles. The number of aryl methyl sites for hydroxylation is 3. The lowest BCUT2D eigenvalue weighted by Gasteiger charge is -2.16. The van der Waals surface area contributed by atoms with Crippen LogP contribution in [0.5, 0.6) is 0 Å². The minimum absolute atomic E-state index is 0.0210. The van der Waals surface area contributed by atoms with Crippen LogP contribution in [0.15, 0.2) is 10.9 Å². The van der Waals surface area contributed by atoms with E-state index < -0.39 is 0 Å². The third-order valence-electron chi connectivity index (χ3n) is 4.12. The summed E-state index contributed by atoms with van der Waals surface area (Å²) in [7, 11) is 0. The molecule has 0 unspecified atom stereocenters. The Morgan fingerprint density at radius 3 is 2.71 bits per heavy atom. The van der Waals surface area contributed by atoms with E-state index in [1.165, 1.54) is 4.57 Å². The quantitative estimate of drug-likeness (QED) is 0.909. The van der Waals surface area contributed by atoms with Crippen molar-refractivity contribution in [2.75, 3.05) is 0 Å². The molecule has 0 fully saturated rings. The first-order chi connectivity index (χ1) is 11.4. The zero-order valence-corrected chi connectivity index (χ0v) is 14.6. The van der Waals surface area contributed by atoms with Crippen molar-refractivity contribution in [3.63, 3.8) is 0 Å². The number of rotatable bonds is 4. The summed E-state index contributed by atoms with van der Waals surface area (Å²) in [6.07, 6.45) is 2.45. The van der Waals surface area contributed by atoms with Gasteiger partial charge in [-0.15, -0.1) is 0 Å². The molecule has 1 N–H and O–H groups in total. The van der Waals surface area contributed by atoms with Crippen LogP contribution in [0.2, 0.25) is 0 Å². The van der Waals surface area contributed by atoms with E-state index in [2.05, 4.69) is 15.4 Å². The van der Waals surface area contributed by atoms with Crippen LogP contribution in [0, 0.1) is 13.8 Å². The summed E-state index contributed by atoms with van der Waals surface area (Å²) in [5.41, 5.74) is 3.18. The molecule has 0 bridgehead atoms. The second kappa shape index (κ2) is 6.22. The fraction of sp³-hybridized carbons (Fsp3) is 0.529. The van der Waals surface area contributed by atoms with E-state index in [0.29, 0.717) is 5.95 Å². The summed E-state index contributed by atoms with van der Waals surface area (Å²) >= 11 is 0. The van der Waals surface area contributed by atoms with Crippen molar-refractivity contribution in [2.45, 2.75) is 59.5 Å². The number of hydrogen-bond acceptors (Lipinski definition) is 4. The van der Waals surface area contributed by atoms with Gasteiger partial charge in [0.15, 0.2) is 0 Å². The molecule has 0 atom stereocenters. The van der Waals surface area contributed by atoms with E-state index in [1.54, 1.807) is 4.68 Å². The smallest absolute Gasteiger partial charge is 0.258 e. The number of carbonyl (C=O) groups is 1. The molecular weight excluding hydrogens is 306 g/mol. The van der Waals surface area contributed by atoms with Crippen LogP contribution in [0.4, 0.5) is 0 Å². The first-order valence-electron chi connectivity index (χ1n) is 8.32. The Morgan fingerprint density at radius 1 is 1.33 bits per heavy atom. The average molecular weight is 329 g/mol. The van der Waals surface area contributed by atoms with Gasteiger partial charge in [-0.3, -0.25) is 14.2 Å². The topological polar surface area (TPSA) is 81.8 Å². The van der Waals surface area contributed by atoms with Crippen LogP contribution in [-0.4, -0.2) is 31.3 Å². The van der Waals surface area contributed by atoms with Crippen molar-refractivity contribution in [1.82, 2.24) is 24.6 Å². The number of carbonyl (C=O) groups excluding carboxylic acids is 1. The van der Waals surface area contributed by atoms with E-state index in [-0.39, 0.29) is 24.1 Å². The molecule has 2 aromatic heterocycles. The lowest BCUT2D eigenvalue weighted by molar-refractivity contribution is -0.122. The van der Waals surface area contributed by atoms with Crippen molar-refractivity contribution in [2.24, 2.45) is 0 Å². The van der Waals surface area contributed by atoms with Gasteiger partial charge in [-0.1, -0.05) is 0 Å². The molecule has 24 heavy (non-hydrogen) atoms. The van der Waals surface area contributed by atoms with Crippen LogP contribution in [0.3, 0.4) is 0 Å². The molecule has 0 aromatic carbocycles. The van der Waals surface area contributed by atoms with Crippen molar-refractivity contribution in [3.8, 4) is 5.95 Å². The van der Waals surface area contributed by atoms with E-state index in [0.717, 1.165) is 41.9 Å². The van der Waals surface area contributed by atoms with Gasteiger partial charge in [-0.05, 0) is 53.0 Å². The number of aromatic nitrogens is 4. The highest BCUT2D eigenvalue weighted by Crippen LogP contribution is 2.19. The zero-order chi connectivity index (χ0) is 17.4. The van der Waals surface area contributed by atoms with Crippen molar-refractivity contribution in [3.05, 3.63) is 39.1 Å². The molecule has 128 valence electrons. The molecule has 2 aromatic rings. The minimum atomic E-state index is -0.199. The molecule has 7 nitrogen and oxygen atoms in total. The van der Waals surface area contributed by atoms with Gasteiger partial charge in [-0.25, -0.2) is 9.67 Å². The molecule has 0 saturated heterocycles. The summed E-state index contributed by atoms with van der Waals surface area (Å²) in [6, 6.07) is 1.95. The van der Waals surface area contributed by atoms with E-state index >= 15 is 0 Å². The average Bonchev–Trinajstić information content (AvgIpc) is 3.07. The van der Waals surface area contributed by atoms with Gasteiger partial charge >= 0.3 is 0 Å². The van der Waals surface area contributed by atoms with Crippen LogP contribution in [0.1, 0.15) is 42.9 Å². The normalized spacial score (nSPS) is 13.4. The highest BCUT2D eigenvalue weighted by molar-refractivity contribution is 5.76. The summed E-state index contributed by atoms with van der Waals surface area (Å²) < 4.78 is 3.10. The second-order valence-electron chi connectivity index (χ2n) is 6.64. The van der Waals surface area contributed by atoms with E-state index in [4.69, 9.17) is 0 Å². The van der Waals surface area contributed by atoms with E-state index in [9.17, 15) is 9.59 Å². The van der Waals surface area contributed by atoms with Gasteiger partial charge < -0.3 is 5.32 Å². The predicted octanol–water partition coefficient (Wildman–Crippen LogP) is 1.06. The van der Waals surface area contributed by atoms with Crippen LogP contribution in [0.25, 0.3) is 5.95 Å². The minimum Gasteiger partial charge on any atom is -0.352 e. The number of hydrogen-bond donors (Lipinski definition) is 1. The molecule has 3 rings (SSSR count). The Labute approximate surface area is 140 Å². The molecule has 1 aliphatic rings. The molecule has 1 amide bonds. The largest absolute Gasteiger partial charge is 0.352 e. The monoisotopic (exact) mass is 329 g/mol. The molecule has 0 radical (unpaired) electrons. The van der Waals surface area contributed by atoms with Gasteiger partial charge in [0.2, 0.25) is 11.9 Å². The number of nitrogens with zero attached hydrogens (tertiary/aromatic N) is 4. The number of nitrogens with one attached hydrogen (secondary N) is 1. The highest BCUT2D eigenvalue weighted by Gasteiger charge is 2.23. The fourth-order valence-electron chi connectivity index (χ4n) is 3.16. The summed E-state index contributed by atoms with van der Waals surface area (Å²) in [5.74, 6) is 0.222. The summed E-state index contributed by atoms with van der Waals surface area (Å²) in [5, 5.41) is 7.27. The van der Waals surface area contributed by atoms with Crippen LogP contribution < -0.4 is 10.9 Å². The number of amides is 1. The lowest BCUT2D eigenvalue weighted by atomic mass is 10.2. The Bertz CT molecular complexity index is 847. The van der Waals surface area contributed by atoms with Gasteiger partial charge in [-0.2, -0.15) is 5.10 Å². The second-order valence-corrected chi connectivity index (χ2v) is 6.64. The highest BCUT2D eigenvalue weighted by atomic mass is 16.2. The Balaban J connectivity index is 2.13. The summed E-state index contributed by atoms with van der Waals surface area (Å²) in [4.78, 5) is 29.8. The Hall–Kier alpha value is -2.44. The van der Waals surface area contributed by atoms with Crippen LogP contribution in [-0.2, 0) is 24.2 Å². The molecule has 0 spiro atoms. The first-order valence-corrected chi connectivity index (χ1v) is 8.32. The third kappa shape index (κ3) is 2.98. The molecule has 1 aliphatic carbocycles. The van der Waals surface area contributed by atoms with Crippen molar-refractivity contribution >= 4 is 5.91 Å². The zero-order valence-electron chi connectivity index (χ0n) is 14.6. The Morgan fingerprint density at radius 2 is 2.08 bits per heavy atom. The van der Waals surface area contributed by atoms with Crippen LogP contribution >= 0.6 is 0 Å². The number of fused-ring (bicyclic) bond motifs is 1. The summed E-state index contributed by atoms with van der Waals surface area (Å²) in [6.45, 7) is 7.54. The molecule has 0 saturated carbocycles. The fourth-order valence-corrected chi connectivity index (χ4v) is 3.16.